The molecule has 1 aromatic heterocycles. The monoisotopic (exact) mass is 462 g/mol. The van der Waals surface area contributed by atoms with Gasteiger partial charge in [0.15, 0.2) is 5.69 Å². The molecule has 0 aliphatic heterocycles. The number of hydrogen-bond acceptors (Lipinski definition) is 5. The second-order valence-corrected chi connectivity index (χ2v) is 8.41. The normalized spacial score (nSPS) is 13.0. The lowest BCUT2D eigenvalue weighted by molar-refractivity contribution is -0.141. The molecule has 1 heterocycles. The number of aryl methyl sites for hydroxylation is 1. The number of fused-ring (bicyclic) bond motifs is 3. The van der Waals surface area contributed by atoms with Crippen LogP contribution in [0.3, 0.4) is 0 Å². The Morgan fingerprint density at radius 2 is 1.71 bits per heavy atom. The van der Waals surface area contributed by atoms with Crippen molar-refractivity contribution in [3.05, 3.63) is 71.4 Å². The molecular formula is C25H26N4O5. The number of anilines is 1. The van der Waals surface area contributed by atoms with Crippen LogP contribution in [0.5, 0.6) is 0 Å². The number of carbonyl (C=O) groups excluding carboxylic acids is 2. The van der Waals surface area contributed by atoms with E-state index in [0.717, 1.165) is 22.3 Å². The van der Waals surface area contributed by atoms with E-state index in [1.54, 1.807) is 7.05 Å². The fourth-order valence-electron chi connectivity index (χ4n) is 4.20. The lowest BCUT2D eigenvalue weighted by Crippen LogP contribution is -2.34. The number of carbonyl (C=O) groups is 3. The van der Waals surface area contributed by atoms with Gasteiger partial charge in [-0.1, -0.05) is 55.5 Å². The molecule has 9 nitrogen and oxygen atoms in total. The summed E-state index contributed by atoms with van der Waals surface area (Å²) in [5.74, 6) is -1.91. The second-order valence-electron chi connectivity index (χ2n) is 8.41. The fraction of sp³-hybridized carbons (Fsp3) is 0.280. The molecule has 1 aliphatic carbocycles. The third kappa shape index (κ3) is 4.50. The van der Waals surface area contributed by atoms with E-state index >= 15 is 0 Å². The average Bonchev–Trinajstić information content (AvgIpc) is 3.34. The summed E-state index contributed by atoms with van der Waals surface area (Å²) in [4.78, 5) is 37.5. The Labute approximate surface area is 196 Å². The van der Waals surface area contributed by atoms with Crippen molar-refractivity contribution in [3.63, 3.8) is 0 Å². The minimum Gasteiger partial charge on any atom is -0.481 e. The van der Waals surface area contributed by atoms with E-state index in [1.165, 1.54) is 29.6 Å². The molecule has 0 radical (unpaired) electrons. The van der Waals surface area contributed by atoms with Crippen molar-refractivity contribution >= 4 is 23.8 Å². The Balaban J connectivity index is 1.40. The second kappa shape index (κ2) is 9.38. The summed E-state index contributed by atoms with van der Waals surface area (Å²) >= 11 is 0. The Morgan fingerprint density at radius 1 is 1.12 bits per heavy atom. The zero-order chi connectivity index (χ0) is 24.4. The zero-order valence-corrected chi connectivity index (χ0v) is 19.2. The Kier molecular flexibility index (Phi) is 6.36. The molecule has 9 heteroatoms. The molecule has 1 atom stereocenters. The molecule has 0 saturated carbocycles. The van der Waals surface area contributed by atoms with Gasteiger partial charge in [0, 0.05) is 32.6 Å². The van der Waals surface area contributed by atoms with Gasteiger partial charge in [-0.25, -0.2) is 4.79 Å². The number of amides is 2. The quantitative estimate of drug-likeness (QED) is 0.555. The lowest BCUT2D eigenvalue weighted by atomic mass is 9.98. The number of aromatic nitrogens is 2. The molecule has 3 aromatic rings. The molecule has 176 valence electrons. The maximum atomic E-state index is 12.6. The first-order chi connectivity index (χ1) is 16.3. The number of nitrogens with zero attached hydrogens (tertiary/aromatic N) is 3. The van der Waals surface area contributed by atoms with Gasteiger partial charge < -0.3 is 14.7 Å². The number of aliphatic carboxylic acids is 1. The first-order valence-corrected chi connectivity index (χ1v) is 10.9. The predicted octanol–water partition coefficient (Wildman–Crippen LogP) is 3.57. The smallest absolute Gasteiger partial charge is 0.412 e. The lowest BCUT2D eigenvalue weighted by Gasteiger charge is -2.18. The minimum atomic E-state index is -0.988. The van der Waals surface area contributed by atoms with Crippen LogP contribution in [0.4, 0.5) is 10.6 Å². The van der Waals surface area contributed by atoms with E-state index in [9.17, 15) is 14.4 Å². The fourth-order valence-corrected chi connectivity index (χ4v) is 4.20. The molecule has 0 fully saturated rings. The van der Waals surface area contributed by atoms with Crippen molar-refractivity contribution in [2.24, 2.45) is 13.0 Å². The topological polar surface area (TPSA) is 114 Å². The molecule has 34 heavy (non-hydrogen) atoms. The summed E-state index contributed by atoms with van der Waals surface area (Å²) in [6, 6.07) is 17.6. The molecule has 4 rings (SSSR count). The summed E-state index contributed by atoms with van der Waals surface area (Å²) in [5.41, 5.74) is 4.61. The van der Waals surface area contributed by atoms with Crippen molar-refractivity contribution in [2.75, 3.05) is 25.5 Å². The highest BCUT2D eigenvalue weighted by Gasteiger charge is 2.29. The van der Waals surface area contributed by atoms with Crippen molar-refractivity contribution in [3.8, 4) is 11.1 Å². The zero-order valence-electron chi connectivity index (χ0n) is 19.2. The van der Waals surface area contributed by atoms with Crippen molar-refractivity contribution in [1.82, 2.24) is 14.7 Å². The van der Waals surface area contributed by atoms with E-state index in [2.05, 4.69) is 22.5 Å². The van der Waals surface area contributed by atoms with Gasteiger partial charge in [0.25, 0.3) is 5.91 Å². The Bertz CT molecular complexity index is 1210. The summed E-state index contributed by atoms with van der Waals surface area (Å²) in [5, 5.41) is 15.8. The van der Waals surface area contributed by atoms with Crippen LogP contribution in [0.15, 0.2) is 54.6 Å². The molecular weight excluding hydrogens is 436 g/mol. The van der Waals surface area contributed by atoms with Crippen LogP contribution in [0.1, 0.15) is 34.5 Å². The summed E-state index contributed by atoms with van der Waals surface area (Å²) in [6.07, 6.45) is -0.656. The highest BCUT2D eigenvalue weighted by atomic mass is 16.5. The number of carboxylic acid groups (broad SMARTS) is 1. The van der Waals surface area contributed by atoms with Crippen LogP contribution in [0, 0.1) is 5.92 Å². The number of hydrogen-bond donors (Lipinski definition) is 2. The van der Waals surface area contributed by atoms with Crippen LogP contribution in [-0.4, -0.2) is 58.0 Å². The van der Waals surface area contributed by atoms with Crippen LogP contribution in [-0.2, 0) is 16.6 Å². The predicted molar refractivity (Wildman–Crippen MR) is 126 cm³/mol. The van der Waals surface area contributed by atoms with Gasteiger partial charge >= 0.3 is 12.1 Å². The third-order valence-electron chi connectivity index (χ3n) is 5.99. The van der Waals surface area contributed by atoms with Gasteiger partial charge in [-0.15, -0.1) is 0 Å². The number of carboxylic acids is 1. The number of rotatable bonds is 7. The van der Waals surface area contributed by atoms with Crippen LogP contribution < -0.4 is 5.32 Å². The molecule has 2 aromatic carbocycles. The van der Waals surface area contributed by atoms with Crippen molar-refractivity contribution < 1.29 is 24.2 Å². The maximum Gasteiger partial charge on any atom is 0.412 e. The SMILES string of the molecule is CC(CN(C)C(=O)c1cc(NC(=O)OCC2c3ccccc3-c3ccccc32)n(C)n1)C(=O)O. The Morgan fingerprint density at radius 3 is 2.29 bits per heavy atom. The number of benzene rings is 2. The van der Waals surface area contributed by atoms with Crippen LogP contribution in [0.25, 0.3) is 11.1 Å². The highest BCUT2D eigenvalue weighted by molar-refractivity contribution is 5.94. The van der Waals surface area contributed by atoms with Gasteiger partial charge in [0.1, 0.15) is 12.4 Å². The van der Waals surface area contributed by atoms with E-state index < -0.39 is 23.9 Å². The first kappa shape index (κ1) is 23.0. The van der Waals surface area contributed by atoms with Gasteiger partial charge in [-0.05, 0) is 22.3 Å². The Hall–Kier alpha value is -4.14. The number of nitrogens with one attached hydrogen (secondary N) is 1. The molecule has 0 spiro atoms. The summed E-state index contributed by atoms with van der Waals surface area (Å²) in [7, 11) is 3.10. The maximum absolute atomic E-state index is 12.6. The van der Waals surface area contributed by atoms with Gasteiger partial charge in [-0.3, -0.25) is 19.6 Å². The van der Waals surface area contributed by atoms with Gasteiger partial charge in [0.2, 0.25) is 0 Å². The van der Waals surface area contributed by atoms with Gasteiger partial charge in [0.05, 0.1) is 5.92 Å². The third-order valence-corrected chi connectivity index (χ3v) is 5.99. The standard InChI is InChI=1S/C25H26N4O5/c1-15(24(31)32)13-28(2)23(30)21-12-22(29(3)27-21)26-25(33)34-14-20-18-10-6-4-8-16(18)17-9-5-7-11-19(17)20/h4-12,15,20H,13-14H2,1-3H3,(H,26,33)(H,31,32). The van der Waals surface area contributed by atoms with E-state index in [-0.39, 0.29) is 24.8 Å². The van der Waals surface area contributed by atoms with Gasteiger partial charge in [-0.2, -0.15) is 5.10 Å². The molecule has 0 saturated heterocycles. The van der Waals surface area contributed by atoms with E-state index in [0.29, 0.717) is 5.82 Å². The van der Waals surface area contributed by atoms with E-state index in [4.69, 9.17) is 9.84 Å². The summed E-state index contributed by atoms with van der Waals surface area (Å²) < 4.78 is 6.91. The average molecular weight is 463 g/mol. The number of ether oxygens (including phenoxy) is 1. The minimum absolute atomic E-state index is 0.0415. The van der Waals surface area contributed by atoms with Crippen LogP contribution >= 0.6 is 0 Å². The molecule has 2 N–H and O–H groups in total. The van der Waals surface area contributed by atoms with Crippen molar-refractivity contribution in [2.45, 2.75) is 12.8 Å². The van der Waals surface area contributed by atoms with E-state index in [1.807, 2.05) is 36.4 Å². The summed E-state index contributed by atoms with van der Waals surface area (Å²) in [6.45, 7) is 1.73. The largest absolute Gasteiger partial charge is 0.481 e. The molecule has 1 aliphatic rings. The molecule has 0 bridgehead atoms. The first-order valence-electron chi connectivity index (χ1n) is 10.9. The highest BCUT2D eigenvalue weighted by Crippen LogP contribution is 2.44. The molecule has 2 amide bonds. The van der Waals surface area contributed by atoms with Crippen molar-refractivity contribution in [1.29, 1.82) is 0 Å². The van der Waals surface area contributed by atoms with Crippen LogP contribution in [0.2, 0.25) is 0 Å². The molecule has 1 unspecified atom stereocenters.